The number of nitrogens with zero attached hydrogens (tertiary/aromatic N) is 1. The summed E-state index contributed by atoms with van der Waals surface area (Å²) >= 11 is 0. The Bertz CT molecular complexity index is 184. The molecule has 1 heterocycles. The van der Waals surface area contributed by atoms with Crippen molar-refractivity contribution in [3.05, 3.63) is 0 Å². The van der Waals surface area contributed by atoms with Crippen molar-refractivity contribution in [3.63, 3.8) is 0 Å². The summed E-state index contributed by atoms with van der Waals surface area (Å²) in [5.74, 6) is 0.648. The normalized spacial score (nSPS) is 28.5. The summed E-state index contributed by atoms with van der Waals surface area (Å²) in [4.78, 5) is 16.5. The highest BCUT2D eigenvalue weighted by molar-refractivity contribution is 5.80. The highest BCUT2D eigenvalue weighted by Crippen LogP contribution is 2.16. The van der Waals surface area contributed by atoms with Gasteiger partial charge in [-0.15, -0.1) is 0 Å². The second kappa shape index (κ2) is 4.58. The van der Waals surface area contributed by atoms with Gasteiger partial charge in [0.05, 0.1) is 13.2 Å². The van der Waals surface area contributed by atoms with Gasteiger partial charge in [-0.1, -0.05) is 6.92 Å². The molecule has 0 bridgehead atoms. The SMILES string of the molecule is CON(C)C(=O)C1CC(C)CCN1. The van der Waals surface area contributed by atoms with Crippen LogP contribution in [0.5, 0.6) is 0 Å². The maximum absolute atomic E-state index is 11.6. The standard InChI is InChI=1S/C9H18N2O2/c1-7-4-5-10-8(6-7)9(12)11(2)13-3/h7-8,10H,4-6H2,1-3H3. The molecule has 4 nitrogen and oxygen atoms in total. The predicted molar refractivity (Wildman–Crippen MR) is 50.0 cm³/mol. The van der Waals surface area contributed by atoms with Crippen molar-refractivity contribution in [3.8, 4) is 0 Å². The minimum atomic E-state index is -0.0614. The monoisotopic (exact) mass is 186 g/mol. The van der Waals surface area contributed by atoms with E-state index in [1.165, 1.54) is 12.2 Å². The number of amides is 1. The van der Waals surface area contributed by atoms with Crippen LogP contribution in [-0.2, 0) is 9.63 Å². The molecule has 0 aromatic rings. The van der Waals surface area contributed by atoms with E-state index in [0.717, 1.165) is 19.4 Å². The first-order valence-electron chi connectivity index (χ1n) is 4.70. The minimum Gasteiger partial charge on any atom is -0.306 e. The van der Waals surface area contributed by atoms with Crippen LogP contribution in [0.15, 0.2) is 0 Å². The third-order valence-electron chi connectivity index (χ3n) is 2.55. The molecule has 1 aliphatic heterocycles. The molecule has 4 heteroatoms. The van der Waals surface area contributed by atoms with E-state index in [2.05, 4.69) is 12.2 Å². The average molecular weight is 186 g/mol. The van der Waals surface area contributed by atoms with Crippen LogP contribution in [0.25, 0.3) is 0 Å². The van der Waals surface area contributed by atoms with Crippen molar-refractivity contribution >= 4 is 5.91 Å². The Morgan fingerprint density at radius 2 is 2.31 bits per heavy atom. The Labute approximate surface area is 79.2 Å². The second-order valence-electron chi connectivity index (χ2n) is 3.65. The number of piperidine rings is 1. The fraction of sp³-hybridized carbons (Fsp3) is 0.889. The van der Waals surface area contributed by atoms with E-state index in [1.807, 2.05) is 0 Å². The number of nitrogens with one attached hydrogen (secondary N) is 1. The van der Waals surface area contributed by atoms with E-state index in [-0.39, 0.29) is 11.9 Å². The molecule has 0 aliphatic carbocycles. The number of carbonyl (C=O) groups excluding carboxylic acids is 1. The summed E-state index contributed by atoms with van der Waals surface area (Å²) in [5.41, 5.74) is 0. The molecule has 0 radical (unpaired) electrons. The van der Waals surface area contributed by atoms with Crippen molar-refractivity contribution in [2.45, 2.75) is 25.8 Å². The zero-order valence-corrected chi connectivity index (χ0v) is 8.54. The molecule has 1 aliphatic rings. The lowest BCUT2D eigenvalue weighted by Gasteiger charge is -2.29. The van der Waals surface area contributed by atoms with Crippen LogP contribution < -0.4 is 5.32 Å². The van der Waals surface area contributed by atoms with Gasteiger partial charge in [0.15, 0.2) is 0 Å². The van der Waals surface area contributed by atoms with E-state index in [1.54, 1.807) is 7.05 Å². The Morgan fingerprint density at radius 3 is 2.85 bits per heavy atom. The van der Waals surface area contributed by atoms with E-state index >= 15 is 0 Å². The molecule has 76 valence electrons. The van der Waals surface area contributed by atoms with E-state index in [4.69, 9.17) is 4.84 Å². The number of hydroxylamine groups is 2. The van der Waals surface area contributed by atoms with Gasteiger partial charge in [-0.2, -0.15) is 0 Å². The van der Waals surface area contributed by atoms with Gasteiger partial charge in [-0.25, -0.2) is 5.06 Å². The number of hydrogen-bond donors (Lipinski definition) is 1. The molecule has 13 heavy (non-hydrogen) atoms. The van der Waals surface area contributed by atoms with Gasteiger partial charge in [0.2, 0.25) is 0 Å². The zero-order chi connectivity index (χ0) is 9.84. The largest absolute Gasteiger partial charge is 0.306 e. The van der Waals surface area contributed by atoms with E-state index in [9.17, 15) is 4.79 Å². The maximum Gasteiger partial charge on any atom is 0.262 e. The van der Waals surface area contributed by atoms with Crippen LogP contribution in [0.1, 0.15) is 19.8 Å². The van der Waals surface area contributed by atoms with Gasteiger partial charge in [-0.3, -0.25) is 9.63 Å². The number of carbonyl (C=O) groups is 1. The summed E-state index contributed by atoms with van der Waals surface area (Å²) in [6.07, 6.45) is 2.06. The first kappa shape index (κ1) is 10.5. The third kappa shape index (κ3) is 2.67. The number of hydrogen-bond acceptors (Lipinski definition) is 3. The molecular formula is C9H18N2O2. The van der Waals surface area contributed by atoms with Gasteiger partial charge in [0.25, 0.3) is 5.91 Å². The molecule has 0 saturated carbocycles. The smallest absolute Gasteiger partial charge is 0.262 e. The third-order valence-corrected chi connectivity index (χ3v) is 2.55. The van der Waals surface area contributed by atoms with Crippen molar-refractivity contribution in [1.82, 2.24) is 10.4 Å². The number of rotatable bonds is 2. The lowest BCUT2D eigenvalue weighted by molar-refractivity contribution is -0.172. The Hall–Kier alpha value is -0.610. The van der Waals surface area contributed by atoms with Gasteiger partial charge < -0.3 is 5.32 Å². The molecule has 1 saturated heterocycles. The Morgan fingerprint density at radius 1 is 1.62 bits per heavy atom. The molecule has 1 fully saturated rings. The average Bonchev–Trinajstić information content (AvgIpc) is 2.15. The van der Waals surface area contributed by atoms with Crippen molar-refractivity contribution in [2.24, 2.45) is 5.92 Å². The van der Waals surface area contributed by atoms with Gasteiger partial charge in [-0.05, 0) is 25.3 Å². The van der Waals surface area contributed by atoms with E-state index in [0.29, 0.717) is 5.92 Å². The molecule has 1 rings (SSSR count). The molecule has 0 spiro atoms. The predicted octanol–water partition coefficient (Wildman–Crippen LogP) is 0.394. The lowest BCUT2D eigenvalue weighted by atomic mass is 9.94. The zero-order valence-electron chi connectivity index (χ0n) is 8.54. The summed E-state index contributed by atoms with van der Waals surface area (Å²) < 4.78 is 0. The maximum atomic E-state index is 11.6. The molecule has 0 aromatic carbocycles. The van der Waals surface area contributed by atoms with Crippen LogP contribution in [0, 0.1) is 5.92 Å². The lowest BCUT2D eigenvalue weighted by Crippen LogP contribution is -2.48. The Balaban J connectivity index is 2.46. The van der Waals surface area contributed by atoms with Crippen LogP contribution in [0.4, 0.5) is 0 Å². The molecule has 1 N–H and O–H groups in total. The van der Waals surface area contributed by atoms with Gasteiger partial charge in [0, 0.05) is 7.05 Å². The quantitative estimate of drug-likeness (QED) is 0.634. The molecule has 2 unspecified atom stereocenters. The number of likely N-dealkylation sites (N-methyl/N-ethyl adjacent to an activating group) is 1. The highest BCUT2D eigenvalue weighted by atomic mass is 16.7. The fourth-order valence-electron chi connectivity index (χ4n) is 1.61. The molecule has 1 amide bonds. The molecular weight excluding hydrogens is 168 g/mol. The summed E-state index contributed by atoms with van der Waals surface area (Å²) in [5, 5.41) is 4.48. The van der Waals surface area contributed by atoms with Crippen molar-refractivity contribution < 1.29 is 9.63 Å². The van der Waals surface area contributed by atoms with Crippen LogP contribution >= 0.6 is 0 Å². The van der Waals surface area contributed by atoms with Gasteiger partial charge >= 0.3 is 0 Å². The summed E-state index contributed by atoms with van der Waals surface area (Å²) in [6, 6.07) is -0.0614. The van der Waals surface area contributed by atoms with Gasteiger partial charge in [0.1, 0.15) is 0 Å². The second-order valence-corrected chi connectivity index (χ2v) is 3.65. The topological polar surface area (TPSA) is 41.6 Å². The van der Waals surface area contributed by atoms with Crippen LogP contribution in [-0.4, -0.2) is 37.7 Å². The highest BCUT2D eigenvalue weighted by Gasteiger charge is 2.26. The Kier molecular flexibility index (Phi) is 3.69. The van der Waals surface area contributed by atoms with E-state index < -0.39 is 0 Å². The molecule has 0 aromatic heterocycles. The summed E-state index contributed by atoms with van der Waals surface area (Å²) in [6.45, 7) is 3.10. The summed E-state index contributed by atoms with van der Waals surface area (Å²) in [7, 11) is 3.15. The molecule has 2 atom stereocenters. The fourth-order valence-corrected chi connectivity index (χ4v) is 1.61. The minimum absolute atomic E-state index is 0.0223. The van der Waals surface area contributed by atoms with Crippen LogP contribution in [0.3, 0.4) is 0 Å². The van der Waals surface area contributed by atoms with Crippen LogP contribution in [0.2, 0.25) is 0 Å². The first-order valence-corrected chi connectivity index (χ1v) is 4.70. The first-order chi connectivity index (χ1) is 6.15. The van der Waals surface area contributed by atoms with Crippen molar-refractivity contribution in [2.75, 3.05) is 20.7 Å². The van der Waals surface area contributed by atoms with Crippen molar-refractivity contribution in [1.29, 1.82) is 0 Å².